The van der Waals surface area contributed by atoms with E-state index in [-0.39, 0.29) is 0 Å². The van der Waals surface area contributed by atoms with Crippen LogP contribution in [-0.2, 0) is 4.74 Å². The number of halogens is 1. The van der Waals surface area contributed by atoms with Crippen molar-refractivity contribution in [3.05, 3.63) is 34.3 Å². The molecule has 2 nitrogen and oxygen atoms in total. The van der Waals surface area contributed by atoms with Crippen molar-refractivity contribution in [3.63, 3.8) is 0 Å². The second-order valence-corrected chi connectivity index (χ2v) is 6.39. The Morgan fingerprint density at radius 3 is 2.61 bits per heavy atom. The van der Waals surface area contributed by atoms with Crippen molar-refractivity contribution in [2.45, 2.75) is 43.7 Å². The van der Waals surface area contributed by atoms with Gasteiger partial charge in [0.2, 0.25) is 0 Å². The fraction of sp³-hybridized carbons (Fsp3) is 0.600. The van der Waals surface area contributed by atoms with Crippen molar-refractivity contribution in [2.24, 2.45) is 0 Å². The predicted octanol–water partition coefficient (Wildman–Crippen LogP) is 3.46. The highest BCUT2D eigenvalue weighted by molar-refractivity contribution is 9.10. The first-order valence-electron chi connectivity index (χ1n) is 6.90. The first-order chi connectivity index (χ1) is 8.81. The number of rotatable bonds is 3. The first kappa shape index (κ1) is 12.6. The molecule has 0 bridgehead atoms. The number of benzene rings is 1. The summed E-state index contributed by atoms with van der Waals surface area (Å²) in [6, 6.07) is 10.2. The number of hydrogen-bond acceptors (Lipinski definition) is 2. The van der Waals surface area contributed by atoms with Gasteiger partial charge in [0, 0.05) is 29.8 Å². The van der Waals surface area contributed by atoms with Crippen LogP contribution in [0.15, 0.2) is 28.7 Å². The molecule has 2 fully saturated rings. The molecule has 0 radical (unpaired) electrons. The van der Waals surface area contributed by atoms with E-state index in [4.69, 9.17) is 4.74 Å². The van der Waals surface area contributed by atoms with E-state index in [1.54, 1.807) is 0 Å². The molecule has 2 aliphatic rings. The van der Waals surface area contributed by atoms with E-state index in [9.17, 15) is 0 Å². The van der Waals surface area contributed by atoms with E-state index in [0.29, 0.717) is 6.04 Å². The Hall–Kier alpha value is -0.380. The van der Waals surface area contributed by atoms with Crippen molar-refractivity contribution >= 4 is 15.9 Å². The second kappa shape index (κ2) is 5.72. The van der Waals surface area contributed by atoms with Gasteiger partial charge in [0.15, 0.2) is 0 Å². The summed E-state index contributed by atoms with van der Waals surface area (Å²) in [4.78, 5) is 0. The molecular formula is C15H20BrNO. The van der Waals surface area contributed by atoms with Crippen LogP contribution in [0, 0.1) is 0 Å². The zero-order valence-electron chi connectivity index (χ0n) is 10.6. The van der Waals surface area contributed by atoms with Crippen LogP contribution >= 0.6 is 15.9 Å². The van der Waals surface area contributed by atoms with E-state index >= 15 is 0 Å². The maximum absolute atomic E-state index is 5.39. The number of nitrogens with one attached hydrogen (secondary N) is 1. The molecule has 1 aromatic rings. The molecule has 0 unspecified atom stereocenters. The van der Waals surface area contributed by atoms with Crippen LogP contribution in [0.2, 0.25) is 0 Å². The van der Waals surface area contributed by atoms with Crippen LogP contribution in [0.5, 0.6) is 0 Å². The standard InChI is InChI=1S/C15H20BrNO/c16-13-3-1-2-11(8-13)12-9-15(10-12)17-14-4-6-18-7-5-14/h1-3,8,12,14-15,17H,4-7,9-10H2. The Balaban J connectivity index is 1.48. The largest absolute Gasteiger partial charge is 0.381 e. The summed E-state index contributed by atoms with van der Waals surface area (Å²) in [7, 11) is 0. The fourth-order valence-corrected chi connectivity index (χ4v) is 3.40. The van der Waals surface area contributed by atoms with Gasteiger partial charge in [0.1, 0.15) is 0 Å². The molecule has 3 rings (SSSR count). The van der Waals surface area contributed by atoms with Crippen molar-refractivity contribution < 1.29 is 4.74 Å². The molecule has 1 saturated carbocycles. The zero-order valence-corrected chi connectivity index (χ0v) is 12.2. The molecule has 1 N–H and O–H groups in total. The van der Waals surface area contributed by atoms with Gasteiger partial charge in [-0.05, 0) is 49.3 Å². The highest BCUT2D eigenvalue weighted by atomic mass is 79.9. The quantitative estimate of drug-likeness (QED) is 0.923. The Morgan fingerprint density at radius 1 is 1.11 bits per heavy atom. The topological polar surface area (TPSA) is 21.3 Å². The molecule has 1 aromatic carbocycles. The molecule has 1 heterocycles. The van der Waals surface area contributed by atoms with E-state index < -0.39 is 0 Å². The average Bonchev–Trinajstić information content (AvgIpc) is 2.34. The minimum atomic E-state index is 0.687. The maximum atomic E-state index is 5.39. The van der Waals surface area contributed by atoms with Crippen LogP contribution in [0.25, 0.3) is 0 Å². The Labute approximate surface area is 117 Å². The third kappa shape index (κ3) is 2.95. The van der Waals surface area contributed by atoms with E-state index in [1.165, 1.54) is 35.7 Å². The van der Waals surface area contributed by atoms with Crippen molar-refractivity contribution in [1.82, 2.24) is 5.32 Å². The molecule has 3 heteroatoms. The van der Waals surface area contributed by atoms with Gasteiger partial charge in [0.25, 0.3) is 0 Å². The highest BCUT2D eigenvalue weighted by Crippen LogP contribution is 2.38. The van der Waals surface area contributed by atoms with Gasteiger partial charge in [-0.3, -0.25) is 0 Å². The van der Waals surface area contributed by atoms with Crippen LogP contribution in [0.4, 0.5) is 0 Å². The number of hydrogen-bond donors (Lipinski definition) is 1. The SMILES string of the molecule is Brc1cccc(C2CC(NC3CCOCC3)C2)c1. The lowest BCUT2D eigenvalue weighted by Crippen LogP contribution is -2.47. The molecule has 0 atom stereocenters. The van der Waals surface area contributed by atoms with Gasteiger partial charge in [0.05, 0.1) is 0 Å². The average molecular weight is 310 g/mol. The van der Waals surface area contributed by atoms with Crippen LogP contribution < -0.4 is 5.32 Å². The van der Waals surface area contributed by atoms with Gasteiger partial charge in [-0.25, -0.2) is 0 Å². The molecule has 0 spiro atoms. The van der Waals surface area contributed by atoms with E-state index in [1.807, 2.05) is 0 Å². The molecule has 1 saturated heterocycles. The monoisotopic (exact) mass is 309 g/mol. The third-order valence-electron chi connectivity index (χ3n) is 4.15. The Morgan fingerprint density at radius 2 is 1.89 bits per heavy atom. The molecule has 0 amide bonds. The van der Waals surface area contributed by atoms with Crippen molar-refractivity contribution in [3.8, 4) is 0 Å². The predicted molar refractivity (Wildman–Crippen MR) is 76.9 cm³/mol. The Bertz CT molecular complexity index is 397. The van der Waals surface area contributed by atoms with Crippen LogP contribution in [0.3, 0.4) is 0 Å². The Kier molecular flexibility index (Phi) is 4.02. The van der Waals surface area contributed by atoms with Crippen molar-refractivity contribution in [2.75, 3.05) is 13.2 Å². The molecule has 1 aliphatic carbocycles. The highest BCUT2D eigenvalue weighted by Gasteiger charge is 2.31. The van der Waals surface area contributed by atoms with Crippen molar-refractivity contribution in [1.29, 1.82) is 0 Å². The maximum Gasteiger partial charge on any atom is 0.0480 e. The lowest BCUT2D eigenvalue weighted by molar-refractivity contribution is 0.0698. The second-order valence-electron chi connectivity index (χ2n) is 5.47. The van der Waals surface area contributed by atoms with Gasteiger partial charge < -0.3 is 10.1 Å². The zero-order chi connectivity index (χ0) is 12.4. The van der Waals surface area contributed by atoms with Gasteiger partial charge >= 0.3 is 0 Å². The molecule has 0 aromatic heterocycles. The lowest BCUT2D eigenvalue weighted by atomic mass is 9.75. The normalized spacial score (nSPS) is 28.9. The van der Waals surface area contributed by atoms with Crippen LogP contribution in [-0.4, -0.2) is 25.3 Å². The molecule has 98 valence electrons. The van der Waals surface area contributed by atoms with E-state index in [2.05, 4.69) is 45.5 Å². The lowest BCUT2D eigenvalue weighted by Gasteiger charge is -2.39. The first-order valence-corrected chi connectivity index (χ1v) is 7.70. The number of ether oxygens (including phenoxy) is 1. The minimum absolute atomic E-state index is 0.687. The minimum Gasteiger partial charge on any atom is -0.381 e. The summed E-state index contributed by atoms with van der Waals surface area (Å²) in [5.74, 6) is 0.750. The summed E-state index contributed by atoms with van der Waals surface area (Å²) >= 11 is 3.55. The van der Waals surface area contributed by atoms with Gasteiger partial charge in [-0.15, -0.1) is 0 Å². The third-order valence-corrected chi connectivity index (χ3v) is 4.64. The molecular weight excluding hydrogens is 290 g/mol. The van der Waals surface area contributed by atoms with E-state index in [0.717, 1.165) is 25.2 Å². The summed E-state index contributed by atoms with van der Waals surface area (Å²) in [5.41, 5.74) is 1.48. The van der Waals surface area contributed by atoms with Gasteiger partial charge in [-0.1, -0.05) is 28.1 Å². The molecule has 1 aliphatic heterocycles. The summed E-state index contributed by atoms with van der Waals surface area (Å²) in [6.45, 7) is 1.86. The summed E-state index contributed by atoms with van der Waals surface area (Å²) in [6.07, 6.45) is 4.93. The molecule has 18 heavy (non-hydrogen) atoms. The summed E-state index contributed by atoms with van der Waals surface area (Å²) < 4.78 is 6.59. The van der Waals surface area contributed by atoms with Crippen LogP contribution in [0.1, 0.15) is 37.2 Å². The fourth-order valence-electron chi connectivity index (χ4n) is 2.98. The summed E-state index contributed by atoms with van der Waals surface area (Å²) in [5, 5.41) is 3.78. The smallest absolute Gasteiger partial charge is 0.0480 e. The van der Waals surface area contributed by atoms with Gasteiger partial charge in [-0.2, -0.15) is 0 Å².